The van der Waals surface area contributed by atoms with E-state index in [0.717, 1.165) is 31.5 Å². The van der Waals surface area contributed by atoms with Crippen molar-refractivity contribution >= 4 is 11.7 Å². The standard InChI is InChI=1S/C24H22F3N5O/c25-24(26,27)16-6-7-20(30-13-16)31-14-17-12-23(8-9-23)15-32(17)22(33)21-18(4-3-11-29-21)19-5-1-2-10-28-19/h1-7,10-11,13,17H,8-9,12,14-15H2,(H,30,31). The molecule has 1 amide bonds. The van der Waals surface area contributed by atoms with Crippen LogP contribution in [0.25, 0.3) is 11.3 Å². The Hall–Kier alpha value is -3.49. The summed E-state index contributed by atoms with van der Waals surface area (Å²) in [5.41, 5.74) is 1.05. The van der Waals surface area contributed by atoms with Crippen molar-refractivity contribution in [3.63, 3.8) is 0 Å². The number of hydrogen-bond acceptors (Lipinski definition) is 5. The fraction of sp³-hybridized carbons (Fsp3) is 0.333. The normalized spacial score (nSPS) is 19.0. The van der Waals surface area contributed by atoms with Crippen LogP contribution in [0.5, 0.6) is 0 Å². The molecule has 0 aromatic carbocycles. The largest absolute Gasteiger partial charge is 0.417 e. The van der Waals surface area contributed by atoms with E-state index < -0.39 is 11.7 Å². The maximum atomic E-state index is 13.6. The van der Waals surface area contributed by atoms with Gasteiger partial charge in [-0.25, -0.2) is 4.98 Å². The molecule has 1 atom stereocenters. The van der Waals surface area contributed by atoms with Gasteiger partial charge in [0.05, 0.1) is 11.3 Å². The number of nitrogens with one attached hydrogen (secondary N) is 1. The highest BCUT2D eigenvalue weighted by Gasteiger charge is 2.53. The molecule has 1 spiro atoms. The molecule has 9 heteroatoms. The van der Waals surface area contributed by atoms with E-state index in [0.29, 0.717) is 35.9 Å². The number of likely N-dealkylation sites (tertiary alicyclic amines) is 1. The van der Waals surface area contributed by atoms with Gasteiger partial charge in [-0.1, -0.05) is 6.07 Å². The van der Waals surface area contributed by atoms with Crippen LogP contribution in [0.3, 0.4) is 0 Å². The topological polar surface area (TPSA) is 71.0 Å². The SMILES string of the molecule is O=C(c1ncccc1-c1ccccn1)N1CC2(CC2)CC1CNc1ccc(C(F)(F)F)cn1. The first-order valence-corrected chi connectivity index (χ1v) is 10.8. The molecule has 2 aliphatic rings. The molecule has 3 aromatic heterocycles. The third kappa shape index (κ3) is 4.40. The lowest BCUT2D eigenvalue weighted by atomic mass is 10.0. The third-order valence-electron chi connectivity index (χ3n) is 6.39. The zero-order valence-corrected chi connectivity index (χ0v) is 17.7. The highest BCUT2D eigenvalue weighted by Crippen LogP contribution is 2.55. The minimum atomic E-state index is -4.42. The number of nitrogens with zero attached hydrogens (tertiary/aromatic N) is 4. The summed E-state index contributed by atoms with van der Waals surface area (Å²) in [4.78, 5) is 28.1. The van der Waals surface area contributed by atoms with Crippen LogP contribution in [-0.2, 0) is 6.18 Å². The summed E-state index contributed by atoms with van der Waals surface area (Å²) in [6.07, 6.45) is 2.65. The Morgan fingerprint density at radius 2 is 1.88 bits per heavy atom. The number of alkyl halides is 3. The number of anilines is 1. The Kier molecular flexibility index (Phi) is 5.26. The van der Waals surface area contributed by atoms with Crippen LogP contribution in [0.4, 0.5) is 19.0 Å². The molecule has 3 aromatic rings. The van der Waals surface area contributed by atoms with Crippen LogP contribution in [0, 0.1) is 5.41 Å². The maximum Gasteiger partial charge on any atom is 0.417 e. The van der Waals surface area contributed by atoms with Crippen molar-refractivity contribution in [2.45, 2.75) is 31.5 Å². The molecular weight excluding hydrogens is 431 g/mol. The lowest BCUT2D eigenvalue weighted by Crippen LogP contribution is -2.40. The molecule has 1 aliphatic carbocycles. The number of halogens is 3. The quantitative estimate of drug-likeness (QED) is 0.608. The average Bonchev–Trinajstić information content (AvgIpc) is 3.48. The smallest absolute Gasteiger partial charge is 0.368 e. The Bertz CT molecular complexity index is 1150. The molecule has 4 heterocycles. The van der Waals surface area contributed by atoms with Gasteiger partial charge < -0.3 is 10.2 Å². The molecule has 1 saturated carbocycles. The molecule has 170 valence electrons. The van der Waals surface area contributed by atoms with Crippen LogP contribution in [0.2, 0.25) is 0 Å². The summed E-state index contributed by atoms with van der Waals surface area (Å²) in [6.45, 7) is 1.05. The van der Waals surface area contributed by atoms with Gasteiger partial charge in [0.2, 0.25) is 0 Å². The minimum absolute atomic E-state index is 0.109. The Morgan fingerprint density at radius 3 is 2.55 bits per heavy atom. The second-order valence-electron chi connectivity index (χ2n) is 8.72. The van der Waals surface area contributed by atoms with Gasteiger partial charge in [-0.15, -0.1) is 0 Å². The number of hydrogen-bond donors (Lipinski definition) is 1. The van der Waals surface area contributed by atoms with E-state index >= 15 is 0 Å². The molecule has 6 nitrogen and oxygen atoms in total. The van der Waals surface area contributed by atoms with Gasteiger partial charge in [-0.3, -0.25) is 14.8 Å². The van der Waals surface area contributed by atoms with E-state index in [2.05, 4.69) is 20.3 Å². The first-order chi connectivity index (χ1) is 15.8. The van der Waals surface area contributed by atoms with Gasteiger partial charge in [0, 0.05) is 43.3 Å². The number of amides is 1. The molecule has 5 rings (SSSR count). The summed E-state index contributed by atoms with van der Waals surface area (Å²) in [6, 6.07) is 11.3. The predicted molar refractivity (Wildman–Crippen MR) is 116 cm³/mol. The molecule has 1 saturated heterocycles. The second kappa shape index (κ2) is 8.13. The van der Waals surface area contributed by atoms with Gasteiger partial charge >= 0.3 is 6.18 Å². The minimum Gasteiger partial charge on any atom is -0.368 e. The first kappa shape index (κ1) is 21.4. The second-order valence-corrected chi connectivity index (χ2v) is 8.72. The van der Waals surface area contributed by atoms with Crippen LogP contribution >= 0.6 is 0 Å². The monoisotopic (exact) mass is 453 g/mol. The molecule has 1 N–H and O–H groups in total. The molecule has 1 unspecified atom stereocenters. The summed E-state index contributed by atoms with van der Waals surface area (Å²) < 4.78 is 38.4. The van der Waals surface area contributed by atoms with Crippen LogP contribution in [0.1, 0.15) is 35.3 Å². The van der Waals surface area contributed by atoms with Gasteiger partial charge in [-0.05, 0) is 61.1 Å². The number of carbonyl (C=O) groups is 1. The van der Waals surface area contributed by atoms with E-state index in [-0.39, 0.29) is 17.4 Å². The Labute approximate surface area is 188 Å². The molecule has 2 fully saturated rings. The van der Waals surface area contributed by atoms with Crippen LogP contribution < -0.4 is 5.32 Å². The van der Waals surface area contributed by atoms with Crippen molar-refractivity contribution < 1.29 is 18.0 Å². The summed E-state index contributed by atoms with van der Waals surface area (Å²) in [5.74, 6) is 0.186. The van der Waals surface area contributed by atoms with E-state index in [1.165, 1.54) is 6.07 Å². The summed E-state index contributed by atoms with van der Waals surface area (Å²) >= 11 is 0. The third-order valence-corrected chi connectivity index (χ3v) is 6.39. The molecule has 0 radical (unpaired) electrons. The number of pyridine rings is 3. The van der Waals surface area contributed by atoms with Crippen molar-refractivity contribution in [2.75, 3.05) is 18.4 Å². The molecule has 33 heavy (non-hydrogen) atoms. The van der Waals surface area contributed by atoms with Crippen molar-refractivity contribution in [3.8, 4) is 11.3 Å². The van der Waals surface area contributed by atoms with E-state index in [1.807, 2.05) is 29.2 Å². The lowest BCUT2D eigenvalue weighted by Gasteiger charge is -2.25. The molecular formula is C24H22F3N5O. The Morgan fingerprint density at radius 1 is 1.06 bits per heavy atom. The average molecular weight is 453 g/mol. The zero-order valence-electron chi connectivity index (χ0n) is 17.7. The Balaban J connectivity index is 1.35. The molecule has 0 bridgehead atoms. The van der Waals surface area contributed by atoms with Gasteiger partial charge in [-0.2, -0.15) is 13.2 Å². The van der Waals surface area contributed by atoms with Gasteiger partial charge in [0.15, 0.2) is 0 Å². The fourth-order valence-corrected chi connectivity index (χ4v) is 4.45. The number of rotatable bonds is 5. The maximum absolute atomic E-state index is 13.6. The summed E-state index contributed by atoms with van der Waals surface area (Å²) in [7, 11) is 0. The van der Waals surface area contributed by atoms with Crippen molar-refractivity contribution in [1.29, 1.82) is 0 Å². The zero-order chi connectivity index (χ0) is 23.1. The van der Waals surface area contributed by atoms with Crippen molar-refractivity contribution in [1.82, 2.24) is 19.9 Å². The van der Waals surface area contributed by atoms with Gasteiger partial charge in [0.1, 0.15) is 11.5 Å². The van der Waals surface area contributed by atoms with Crippen LogP contribution in [0.15, 0.2) is 61.1 Å². The van der Waals surface area contributed by atoms with Crippen molar-refractivity contribution in [2.24, 2.45) is 5.41 Å². The highest BCUT2D eigenvalue weighted by atomic mass is 19.4. The van der Waals surface area contributed by atoms with E-state index in [9.17, 15) is 18.0 Å². The van der Waals surface area contributed by atoms with Gasteiger partial charge in [0.25, 0.3) is 5.91 Å². The summed E-state index contributed by atoms with van der Waals surface area (Å²) in [5, 5.41) is 3.11. The number of aromatic nitrogens is 3. The highest BCUT2D eigenvalue weighted by molar-refractivity contribution is 5.99. The first-order valence-electron chi connectivity index (χ1n) is 10.8. The van der Waals surface area contributed by atoms with E-state index in [4.69, 9.17) is 0 Å². The van der Waals surface area contributed by atoms with Crippen molar-refractivity contribution in [3.05, 3.63) is 72.3 Å². The lowest BCUT2D eigenvalue weighted by molar-refractivity contribution is -0.137. The van der Waals surface area contributed by atoms with E-state index in [1.54, 1.807) is 18.5 Å². The molecule has 1 aliphatic heterocycles. The number of carbonyl (C=O) groups excluding carboxylic acids is 1. The fourth-order valence-electron chi connectivity index (χ4n) is 4.45. The predicted octanol–water partition coefficient (Wildman–Crippen LogP) is 4.66. The van der Waals surface area contributed by atoms with Crippen LogP contribution in [-0.4, -0.2) is 44.9 Å².